The highest BCUT2D eigenvalue weighted by molar-refractivity contribution is 5.43. The summed E-state index contributed by atoms with van der Waals surface area (Å²) in [7, 11) is 0. The number of pyridine rings is 1. The first-order chi connectivity index (χ1) is 6.61. The summed E-state index contributed by atoms with van der Waals surface area (Å²) < 4.78 is 1.21. The van der Waals surface area contributed by atoms with Crippen molar-refractivity contribution in [1.82, 2.24) is 4.57 Å². The van der Waals surface area contributed by atoms with Crippen LogP contribution in [0.4, 0.5) is 0 Å². The zero-order valence-electron chi connectivity index (χ0n) is 8.24. The van der Waals surface area contributed by atoms with Crippen LogP contribution in [0.5, 0.6) is 5.88 Å². The van der Waals surface area contributed by atoms with Crippen LogP contribution < -0.4 is 5.56 Å². The molecular formula is C10H12N2O2. The van der Waals surface area contributed by atoms with Crippen molar-refractivity contribution < 1.29 is 5.11 Å². The minimum Gasteiger partial charge on any atom is -0.493 e. The van der Waals surface area contributed by atoms with E-state index in [-0.39, 0.29) is 17.0 Å². The molecule has 4 heteroatoms. The summed E-state index contributed by atoms with van der Waals surface area (Å²) in [4.78, 5) is 11.4. The molecule has 0 saturated carbocycles. The summed E-state index contributed by atoms with van der Waals surface area (Å²) in [6.45, 7) is 3.97. The second-order valence-corrected chi connectivity index (χ2v) is 3.13. The fraction of sp³-hybridized carbons (Fsp3) is 0.400. The van der Waals surface area contributed by atoms with Crippen molar-refractivity contribution >= 4 is 0 Å². The third-order valence-electron chi connectivity index (χ3n) is 2.04. The quantitative estimate of drug-likeness (QED) is 0.764. The third-order valence-corrected chi connectivity index (χ3v) is 2.04. The Hall–Kier alpha value is -1.76. The number of nitriles is 1. The van der Waals surface area contributed by atoms with Crippen LogP contribution in [0.25, 0.3) is 0 Å². The van der Waals surface area contributed by atoms with Crippen LogP contribution in [0.2, 0.25) is 0 Å². The molecular weight excluding hydrogens is 180 g/mol. The molecule has 0 aliphatic rings. The molecule has 1 N–H and O–H groups in total. The predicted molar refractivity (Wildman–Crippen MR) is 52.1 cm³/mol. The predicted octanol–water partition coefficient (Wildman–Crippen LogP) is 1.14. The van der Waals surface area contributed by atoms with Gasteiger partial charge in [0, 0.05) is 12.6 Å². The molecule has 1 rings (SSSR count). The number of aromatic nitrogens is 1. The molecule has 0 spiro atoms. The minimum atomic E-state index is -0.263. The van der Waals surface area contributed by atoms with Crippen molar-refractivity contribution in [3.8, 4) is 11.9 Å². The van der Waals surface area contributed by atoms with Crippen LogP contribution in [-0.2, 0) is 6.54 Å². The zero-order valence-corrected chi connectivity index (χ0v) is 8.24. The average Bonchev–Trinajstić information content (AvgIpc) is 2.12. The van der Waals surface area contributed by atoms with Crippen LogP contribution >= 0.6 is 0 Å². The van der Waals surface area contributed by atoms with E-state index in [2.05, 4.69) is 0 Å². The lowest BCUT2D eigenvalue weighted by atomic mass is 10.1. The molecule has 1 aromatic heterocycles. The van der Waals surface area contributed by atoms with Gasteiger partial charge >= 0.3 is 0 Å². The Morgan fingerprint density at radius 3 is 2.79 bits per heavy atom. The molecule has 0 fully saturated rings. The van der Waals surface area contributed by atoms with E-state index in [0.29, 0.717) is 12.1 Å². The molecule has 4 nitrogen and oxygen atoms in total. The van der Waals surface area contributed by atoms with Gasteiger partial charge in [0.25, 0.3) is 5.56 Å². The van der Waals surface area contributed by atoms with Crippen molar-refractivity contribution in [2.24, 2.45) is 0 Å². The lowest BCUT2D eigenvalue weighted by Crippen LogP contribution is -2.20. The zero-order chi connectivity index (χ0) is 10.7. The highest BCUT2D eigenvalue weighted by Gasteiger charge is 2.10. The van der Waals surface area contributed by atoms with Gasteiger partial charge in [-0.1, -0.05) is 6.92 Å². The van der Waals surface area contributed by atoms with Gasteiger partial charge in [-0.15, -0.1) is 0 Å². The summed E-state index contributed by atoms with van der Waals surface area (Å²) in [6, 6.07) is 3.25. The molecule has 0 radical (unpaired) electrons. The van der Waals surface area contributed by atoms with E-state index >= 15 is 0 Å². The molecule has 0 aromatic carbocycles. The number of aryl methyl sites for hydroxylation is 1. The van der Waals surface area contributed by atoms with Crippen molar-refractivity contribution in [1.29, 1.82) is 5.26 Å². The van der Waals surface area contributed by atoms with Gasteiger partial charge in [0.15, 0.2) is 0 Å². The molecule has 14 heavy (non-hydrogen) atoms. The fourth-order valence-electron chi connectivity index (χ4n) is 1.33. The van der Waals surface area contributed by atoms with Crippen molar-refractivity contribution in [3.05, 3.63) is 27.5 Å². The maximum Gasteiger partial charge on any atom is 0.253 e. The van der Waals surface area contributed by atoms with Gasteiger partial charge in [-0.05, 0) is 18.9 Å². The van der Waals surface area contributed by atoms with Crippen LogP contribution in [0.3, 0.4) is 0 Å². The van der Waals surface area contributed by atoms with E-state index in [9.17, 15) is 9.90 Å². The van der Waals surface area contributed by atoms with Gasteiger partial charge in [-0.3, -0.25) is 9.36 Å². The van der Waals surface area contributed by atoms with Crippen LogP contribution in [0, 0.1) is 18.3 Å². The summed E-state index contributed by atoms with van der Waals surface area (Å²) >= 11 is 0. The van der Waals surface area contributed by atoms with Crippen molar-refractivity contribution in [3.63, 3.8) is 0 Å². The van der Waals surface area contributed by atoms with Crippen LogP contribution in [0.1, 0.15) is 24.5 Å². The number of rotatable bonds is 2. The highest BCUT2D eigenvalue weighted by atomic mass is 16.3. The minimum absolute atomic E-state index is 0.179. The lowest BCUT2D eigenvalue weighted by Gasteiger charge is -2.09. The van der Waals surface area contributed by atoms with Gasteiger partial charge in [0.1, 0.15) is 11.6 Å². The van der Waals surface area contributed by atoms with Gasteiger partial charge in [-0.25, -0.2) is 0 Å². The van der Waals surface area contributed by atoms with E-state index < -0.39 is 0 Å². The van der Waals surface area contributed by atoms with Gasteiger partial charge in [-0.2, -0.15) is 5.26 Å². The Bertz CT molecular complexity index is 441. The van der Waals surface area contributed by atoms with E-state index in [4.69, 9.17) is 5.26 Å². The number of hydrogen-bond donors (Lipinski definition) is 1. The van der Waals surface area contributed by atoms with E-state index in [1.807, 2.05) is 13.0 Å². The molecule has 1 heterocycles. The first kappa shape index (κ1) is 10.3. The first-order valence-corrected chi connectivity index (χ1v) is 4.45. The largest absolute Gasteiger partial charge is 0.493 e. The number of aromatic hydroxyl groups is 1. The average molecular weight is 192 g/mol. The molecule has 0 unspecified atom stereocenters. The van der Waals surface area contributed by atoms with E-state index in [0.717, 1.165) is 6.42 Å². The molecule has 0 bridgehead atoms. The molecule has 1 aromatic rings. The maximum atomic E-state index is 11.4. The highest BCUT2D eigenvalue weighted by Crippen LogP contribution is 2.17. The summed E-state index contributed by atoms with van der Waals surface area (Å²) in [5.41, 5.74) is 0.432. The smallest absolute Gasteiger partial charge is 0.253 e. The molecule has 0 saturated heterocycles. The molecule has 74 valence electrons. The summed E-state index contributed by atoms with van der Waals surface area (Å²) in [5.74, 6) is -0.223. The van der Waals surface area contributed by atoms with E-state index in [1.54, 1.807) is 6.92 Å². The SMILES string of the molecule is CCCn1c(O)c(C#N)c(C)cc1=O. The Kier molecular flexibility index (Phi) is 2.92. The Labute approximate surface area is 82.0 Å². The van der Waals surface area contributed by atoms with Crippen LogP contribution in [-0.4, -0.2) is 9.67 Å². The van der Waals surface area contributed by atoms with Gasteiger partial charge in [0.2, 0.25) is 5.88 Å². The summed E-state index contributed by atoms with van der Waals surface area (Å²) in [6.07, 6.45) is 0.737. The lowest BCUT2D eigenvalue weighted by molar-refractivity contribution is 0.402. The monoisotopic (exact) mass is 192 g/mol. The molecule has 0 atom stereocenters. The molecule has 0 amide bonds. The molecule has 0 aliphatic carbocycles. The first-order valence-electron chi connectivity index (χ1n) is 4.45. The number of hydrogen-bond acceptors (Lipinski definition) is 3. The second-order valence-electron chi connectivity index (χ2n) is 3.13. The third kappa shape index (κ3) is 1.62. The summed E-state index contributed by atoms with van der Waals surface area (Å²) in [5, 5.41) is 18.4. The maximum absolute atomic E-state index is 11.4. The van der Waals surface area contributed by atoms with Crippen molar-refractivity contribution in [2.75, 3.05) is 0 Å². The van der Waals surface area contributed by atoms with Gasteiger partial charge in [0.05, 0.1) is 0 Å². The van der Waals surface area contributed by atoms with Gasteiger partial charge < -0.3 is 5.11 Å². The molecule has 0 aliphatic heterocycles. The fourth-order valence-corrected chi connectivity index (χ4v) is 1.33. The normalized spacial score (nSPS) is 9.79. The standard InChI is InChI=1S/C10H12N2O2/c1-3-4-12-9(13)5-7(2)8(6-11)10(12)14/h5,14H,3-4H2,1-2H3. The topological polar surface area (TPSA) is 66.0 Å². The Morgan fingerprint density at radius 1 is 1.64 bits per heavy atom. The van der Waals surface area contributed by atoms with Crippen molar-refractivity contribution in [2.45, 2.75) is 26.8 Å². The van der Waals surface area contributed by atoms with Crippen LogP contribution in [0.15, 0.2) is 10.9 Å². The Balaban J connectivity index is 3.46. The number of nitrogens with zero attached hydrogens (tertiary/aromatic N) is 2. The van der Waals surface area contributed by atoms with E-state index in [1.165, 1.54) is 10.6 Å². The Morgan fingerprint density at radius 2 is 2.29 bits per heavy atom. The second kappa shape index (κ2) is 3.97.